The Morgan fingerprint density at radius 2 is 2.00 bits per heavy atom. The second-order valence-electron chi connectivity index (χ2n) is 3.28. The van der Waals surface area contributed by atoms with Gasteiger partial charge in [-0.2, -0.15) is 0 Å². The van der Waals surface area contributed by atoms with Crippen LogP contribution in [0, 0.1) is 0 Å². The molecule has 3 nitrogen and oxygen atoms in total. The molecule has 0 atom stereocenters. The summed E-state index contributed by atoms with van der Waals surface area (Å²) in [7, 11) is 0. The first-order chi connectivity index (χ1) is 6.43. The Morgan fingerprint density at radius 3 is 2.69 bits per heavy atom. The lowest BCUT2D eigenvalue weighted by molar-refractivity contribution is 0.622. The molecule has 3 heteroatoms. The van der Waals surface area contributed by atoms with Crippen LogP contribution in [-0.4, -0.2) is 15.4 Å². The number of hydrogen-bond donors (Lipinski definition) is 0. The molecule has 0 aliphatic carbocycles. The molecule has 1 rings (SSSR count). The van der Waals surface area contributed by atoms with Crippen molar-refractivity contribution in [3.63, 3.8) is 0 Å². The molecule has 0 fully saturated rings. The number of aromatic nitrogens is 3. The number of unbranched alkanes of at least 4 members (excludes halogenated alkanes) is 4. The summed E-state index contributed by atoms with van der Waals surface area (Å²) in [6, 6.07) is 1.94. The molecule has 13 heavy (non-hydrogen) atoms. The van der Waals surface area contributed by atoms with Crippen molar-refractivity contribution in [1.82, 2.24) is 15.4 Å². The zero-order valence-electron chi connectivity index (χ0n) is 8.24. The quantitative estimate of drug-likeness (QED) is 0.629. The maximum atomic E-state index is 3.94. The molecular weight excluding hydrogens is 162 g/mol. The standard InChI is InChI=1S/C10H17N3/c1-2-3-4-5-6-7-10-8-9-11-13-12-10/h8-9H,2-7H2,1H3. The molecular formula is C10H17N3. The van der Waals surface area contributed by atoms with E-state index in [0.717, 1.165) is 12.1 Å². The Hall–Kier alpha value is -0.990. The van der Waals surface area contributed by atoms with Crippen LogP contribution in [0.25, 0.3) is 0 Å². The smallest absolute Gasteiger partial charge is 0.0664 e. The van der Waals surface area contributed by atoms with E-state index in [2.05, 4.69) is 22.3 Å². The lowest BCUT2D eigenvalue weighted by Crippen LogP contribution is -1.94. The van der Waals surface area contributed by atoms with E-state index in [0.29, 0.717) is 0 Å². The van der Waals surface area contributed by atoms with Crippen LogP contribution in [0.5, 0.6) is 0 Å². The molecule has 0 aromatic carbocycles. The Labute approximate surface area is 79.6 Å². The number of hydrogen-bond acceptors (Lipinski definition) is 3. The zero-order chi connectivity index (χ0) is 9.36. The van der Waals surface area contributed by atoms with Crippen LogP contribution >= 0.6 is 0 Å². The molecule has 0 N–H and O–H groups in total. The fraction of sp³-hybridized carbons (Fsp3) is 0.700. The molecule has 0 amide bonds. The highest BCUT2D eigenvalue weighted by atomic mass is 15.3. The van der Waals surface area contributed by atoms with Gasteiger partial charge in [0.15, 0.2) is 0 Å². The number of aryl methyl sites for hydroxylation is 1. The normalized spacial score (nSPS) is 10.2. The van der Waals surface area contributed by atoms with Gasteiger partial charge in [0.1, 0.15) is 0 Å². The molecule has 0 aliphatic rings. The first-order valence-corrected chi connectivity index (χ1v) is 5.06. The monoisotopic (exact) mass is 179 g/mol. The maximum absolute atomic E-state index is 3.94. The summed E-state index contributed by atoms with van der Waals surface area (Å²) in [5.74, 6) is 0. The Balaban J connectivity index is 2.07. The van der Waals surface area contributed by atoms with Gasteiger partial charge in [-0.25, -0.2) is 0 Å². The van der Waals surface area contributed by atoms with Crippen molar-refractivity contribution in [2.24, 2.45) is 0 Å². The van der Waals surface area contributed by atoms with Gasteiger partial charge in [0.25, 0.3) is 0 Å². The minimum Gasteiger partial charge on any atom is -0.139 e. The van der Waals surface area contributed by atoms with E-state index < -0.39 is 0 Å². The average molecular weight is 179 g/mol. The fourth-order valence-electron chi connectivity index (χ4n) is 1.31. The van der Waals surface area contributed by atoms with Gasteiger partial charge in [-0.1, -0.05) is 32.6 Å². The molecule has 0 radical (unpaired) electrons. The van der Waals surface area contributed by atoms with E-state index in [1.54, 1.807) is 6.20 Å². The van der Waals surface area contributed by atoms with E-state index in [9.17, 15) is 0 Å². The van der Waals surface area contributed by atoms with Gasteiger partial charge in [-0.3, -0.25) is 0 Å². The van der Waals surface area contributed by atoms with Crippen molar-refractivity contribution in [2.45, 2.75) is 45.4 Å². The van der Waals surface area contributed by atoms with E-state index in [4.69, 9.17) is 0 Å². The van der Waals surface area contributed by atoms with E-state index >= 15 is 0 Å². The predicted octanol–water partition coefficient (Wildman–Crippen LogP) is 2.38. The predicted molar refractivity (Wildman–Crippen MR) is 52.3 cm³/mol. The molecule has 0 bridgehead atoms. The fourth-order valence-corrected chi connectivity index (χ4v) is 1.31. The van der Waals surface area contributed by atoms with E-state index in [1.807, 2.05) is 6.07 Å². The summed E-state index contributed by atoms with van der Waals surface area (Å²) in [6.45, 7) is 2.23. The minimum atomic E-state index is 1.04. The van der Waals surface area contributed by atoms with Gasteiger partial charge in [0, 0.05) is 0 Å². The van der Waals surface area contributed by atoms with Gasteiger partial charge in [-0.05, 0) is 24.1 Å². The molecule has 0 unspecified atom stereocenters. The van der Waals surface area contributed by atoms with Crippen LogP contribution in [0.15, 0.2) is 12.3 Å². The van der Waals surface area contributed by atoms with Crippen molar-refractivity contribution in [1.29, 1.82) is 0 Å². The molecule has 72 valence electrons. The lowest BCUT2D eigenvalue weighted by atomic mass is 10.1. The Kier molecular flexibility index (Phi) is 5.06. The van der Waals surface area contributed by atoms with Crippen molar-refractivity contribution in [3.05, 3.63) is 18.0 Å². The topological polar surface area (TPSA) is 38.7 Å². The molecule has 1 heterocycles. The van der Waals surface area contributed by atoms with Crippen LogP contribution in [-0.2, 0) is 6.42 Å². The first kappa shape index (κ1) is 10.1. The molecule has 0 saturated heterocycles. The Bertz CT molecular complexity index is 211. The molecule has 0 aliphatic heterocycles. The van der Waals surface area contributed by atoms with Gasteiger partial charge in [0.2, 0.25) is 0 Å². The summed E-state index contributed by atoms with van der Waals surface area (Å²) in [6.07, 6.45) is 9.26. The van der Waals surface area contributed by atoms with Crippen LogP contribution in [0.4, 0.5) is 0 Å². The summed E-state index contributed by atoms with van der Waals surface area (Å²) in [4.78, 5) is 0. The summed E-state index contributed by atoms with van der Waals surface area (Å²) in [5.41, 5.74) is 1.06. The highest BCUT2D eigenvalue weighted by molar-refractivity contribution is 4.94. The number of nitrogens with zero attached hydrogens (tertiary/aromatic N) is 3. The van der Waals surface area contributed by atoms with Gasteiger partial charge in [-0.15, -0.1) is 10.2 Å². The summed E-state index contributed by atoms with van der Waals surface area (Å²) in [5, 5.41) is 11.2. The van der Waals surface area contributed by atoms with E-state index in [-0.39, 0.29) is 0 Å². The van der Waals surface area contributed by atoms with Gasteiger partial charge >= 0.3 is 0 Å². The van der Waals surface area contributed by atoms with Crippen molar-refractivity contribution in [2.75, 3.05) is 0 Å². The molecule has 0 saturated carbocycles. The zero-order valence-corrected chi connectivity index (χ0v) is 8.24. The highest BCUT2D eigenvalue weighted by Gasteiger charge is 1.94. The van der Waals surface area contributed by atoms with Gasteiger partial charge in [0.05, 0.1) is 11.9 Å². The van der Waals surface area contributed by atoms with Crippen LogP contribution < -0.4 is 0 Å². The summed E-state index contributed by atoms with van der Waals surface area (Å²) < 4.78 is 0. The first-order valence-electron chi connectivity index (χ1n) is 5.06. The van der Waals surface area contributed by atoms with Crippen molar-refractivity contribution >= 4 is 0 Å². The Morgan fingerprint density at radius 1 is 1.15 bits per heavy atom. The molecule has 1 aromatic rings. The van der Waals surface area contributed by atoms with Crippen LogP contribution in [0.3, 0.4) is 0 Å². The lowest BCUT2D eigenvalue weighted by Gasteiger charge is -1.98. The van der Waals surface area contributed by atoms with Crippen LogP contribution in [0.1, 0.15) is 44.7 Å². The SMILES string of the molecule is CCCCCCCc1ccnnn1. The van der Waals surface area contributed by atoms with Crippen molar-refractivity contribution < 1.29 is 0 Å². The second kappa shape index (κ2) is 6.52. The third-order valence-electron chi connectivity index (χ3n) is 2.09. The summed E-state index contributed by atoms with van der Waals surface area (Å²) >= 11 is 0. The third-order valence-corrected chi connectivity index (χ3v) is 2.09. The second-order valence-corrected chi connectivity index (χ2v) is 3.28. The highest BCUT2D eigenvalue weighted by Crippen LogP contribution is 2.05. The minimum absolute atomic E-state index is 1.04. The van der Waals surface area contributed by atoms with Gasteiger partial charge < -0.3 is 0 Å². The maximum Gasteiger partial charge on any atom is 0.0664 e. The third kappa shape index (κ3) is 4.55. The average Bonchev–Trinajstić information content (AvgIpc) is 2.19. The number of rotatable bonds is 6. The van der Waals surface area contributed by atoms with Crippen molar-refractivity contribution in [3.8, 4) is 0 Å². The van der Waals surface area contributed by atoms with E-state index in [1.165, 1.54) is 32.1 Å². The largest absolute Gasteiger partial charge is 0.139 e. The van der Waals surface area contributed by atoms with Crippen LogP contribution in [0.2, 0.25) is 0 Å². The molecule has 0 spiro atoms. The molecule has 1 aromatic heterocycles.